The van der Waals surface area contributed by atoms with Crippen LogP contribution in [0.2, 0.25) is 0 Å². The Morgan fingerprint density at radius 1 is 1.67 bits per heavy atom. The maximum Gasteiger partial charge on any atom is 0.316 e. The third kappa shape index (κ3) is 6.90. The topological polar surface area (TPSA) is 3.24 Å². The van der Waals surface area contributed by atoms with Gasteiger partial charge in [0.15, 0.2) is 0 Å². The molecule has 1 nitrogen and oxygen atoms in total. The largest absolute Gasteiger partial charge is 0.361 e. The minimum Gasteiger partial charge on any atom is -0.361 e. The van der Waals surface area contributed by atoms with Crippen molar-refractivity contribution in [2.75, 3.05) is 13.6 Å². The smallest absolute Gasteiger partial charge is 0.316 e. The van der Waals surface area contributed by atoms with Crippen molar-refractivity contribution < 1.29 is 0 Å². The van der Waals surface area contributed by atoms with Crippen molar-refractivity contribution in [3.63, 3.8) is 0 Å². The summed E-state index contributed by atoms with van der Waals surface area (Å²) in [6.07, 6.45) is 1.12. The van der Waals surface area contributed by atoms with E-state index in [0.717, 1.165) is 13.0 Å². The van der Waals surface area contributed by atoms with Crippen LogP contribution in [0.5, 0.6) is 0 Å². The molecule has 0 N–H and O–H groups in total. The molecule has 9 heavy (non-hydrogen) atoms. The molecule has 0 aromatic heterocycles. The molecule has 52 valence electrons. The third-order valence-electron chi connectivity index (χ3n) is 0.886. The van der Waals surface area contributed by atoms with E-state index in [1.165, 1.54) is 0 Å². The molecular weight excluding hydrogens is 163 g/mol. The lowest BCUT2D eigenvalue weighted by molar-refractivity contribution is 0.518. The van der Waals surface area contributed by atoms with Gasteiger partial charge in [-0.25, -0.2) is 0 Å². The van der Waals surface area contributed by atoms with Crippen molar-refractivity contribution in [1.82, 2.24) is 4.90 Å². The fourth-order valence-corrected chi connectivity index (χ4v) is 0.622. The molecule has 0 aliphatic rings. The molecule has 0 rings (SSSR count). The molecule has 4 heteroatoms. The molecule has 0 bridgehead atoms. The van der Waals surface area contributed by atoms with E-state index in [1.807, 2.05) is 11.9 Å². The molecule has 0 aliphatic heterocycles. The predicted octanol–water partition coefficient (Wildman–Crippen LogP) is 0.627. The Labute approximate surface area is 83.7 Å². The van der Waals surface area contributed by atoms with E-state index in [9.17, 15) is 0 Å². The number of hydrogen-bond acceptors (Lipinski definition) is 1. The van der Waals surface area contributed by atoms with E-state index in [1.54, 1.807) is 0 Å². The van der Waals surface area contributed by atoms with Gasteiger partial charge in [-0.15, -0.1) is 12.6 Å². The Kier molecular flexibility index (Phi) is 10.0. The molecular formula is C5H13MgNS2. The highest BCUT2D eigenvalue weighted by molar-refractivity contribution is 8.10. The van der Waals surface area contributed by atoms with Gasteiger partial charge in [0.2, 0.25) is 0 Å². The van der Waals surface area contributed by atoms with Crippen LogP contribution in [0, 0.1) is 0 Å². The highest BCUT2D eigenvalue weighted by Crippen LogP contribution is 1.92. The second kappa shape index (κ2) is 7.12. The SMILES string of the molecule is CCCN(C)C(=S)S.[MgH2]. The highest BCUT2D eigenvalue weighted by Gasteiger charge is 1.93. The zero-order valence-corrected chi connectivity index (χ0v) is 6.93. The van der Waals surface area contributed by atoms with E-state index in [2.05, 4.69) is 19.6 Å². The van der Waals surface area contributed by atoms with Gasteiger partial charge >= 0.3 is 23.1 Å². The molecule has 0 saturated carbocycles. The van der Waals surface area contributed by atoms with Gasteiger partial charge in [-0.05, 0) is 6.42 Å². The lowest BCUT2D eigenvalue weighted by Gasteiger charge is -2.13. The molecule has 0 aromatic rings. The fourth-order valence-electron chi connectivity index (χ4n) is 0.431. The van der Waals surface area contributed by atoms with E-state index >= 15 is 0 Å². The zero-order chi connectivity index (χ0) is 6.57. The molecule has 0 amide bonds. The Bertz CT molecular complexity index is 87.0. The van der Waals surface area contributed by atoms with Gasteiger partial charge in [0.05, 0.1) is 0 Å². The summed E-state index contributed by atoms with van der Waals surface area (Å²) in [6, 6.07) is 0. The molecule has 0 fully saturated rings. The Balaban J connectivity index is 0. The highest BCUT2D eigenvalue weighted by atomic mass is 32.1. The second-order valence-corrected chi connectivity index (χ2v) is 2.82. The van der Waals surface area contributed by atoms with Crippen LogP contribution in [0.25, 0.3) is 0 Å². The number of hydrogen-bond donors (Lipinski definition) is 1. The maximum absolute atomic E-state index is 4.77. The summed E-state index contributed by atoms with van der Waals surface area (Å²) < 4.78 is 0.673. The molecule has 0 aliphatic carbocycles. The normalized spacial score (nSPS) is 7.89. The first kappa shape index (κ1) is 12.7. The van der Waals surface area contributed by atoms with Crippen molar-refractivity contribution in [2.24, 2.45) is 0 Å². The van der Waals surface area contributed by atoms with Gasteiger partial charge in [0, 0.05) is 13.6 Å². The summed E-state index contributed by atoms with van der Waals surface area (Å²) in [7, 11) is 1.94. The van der Waals surface area contributed by atoms with Crippen LogP contribution in [0.4, 0.5) is 0 Å². The minimum atomic E-state index is 0. The number of nitrogens with zero attached hydrogens (tertiary/aromatic N) is 1. The zero-order valence-electron chi connectivity index (χ0n) is 5.22. The Hall–Kier alpha value is 1.01. The van der Waals surface area contributed by atoms with Crippen LogP contribution in [0.15, 0.2) is 0 Å². The maximum atomic E-state index is 4.77. The standard InChI is InChI=1S/C5H11NS2.Mg.2H/c1-3-4-6(2)5(7)8;;;/h3-4H2,1-2H3,(H,7,8);;;. The third-order valence-corrected chi connectivity index (χ3v) is 1.54. The summed E-state index contributed by atoms with van der Waals surface area (Å²) >= 11 is 8.76. The van der Waals surface area contributed by atoms with Gasteiger partial charge in [0.1, 0.15) is 4.32 Å². The van der Waals surface area contributed by atoms with Crippen LogP contribution >= 0.6 is 24.8 Å². The number of thiol groups is 1. The Morgan fingerprint density at radius 3 is 2.22 bits per heavy atom. The minimum absolute atomic E-state index is 0. The molecule has 0 heterocycles. The quantitative estimate of drug-likeness (QED) is 0.373. The van der Waals surface area contributed by atoms with Gasteiger partial charge in [-0.2, -0.15) is 0 Å². The van der Waals surface area contributed by atoms with E-state index in [0.29, 0.717) is 4.32 Å². The van der Waals surface area contributed by atoms with Crippen LogP contribution in [0.1, 0.15) is 13.3 Å². The molecule has 0 saturated heterocycles. The first-order valence-electron chi connectivity index (χ1n) is 2.62. The van der Waals surface area contributed by atoms with Crippen molar-refractivity contribution in [3.05, 3.63) is 0 Å². The van der Waals surface area contributed by atoms with Crippen LogP contribution in [0.3, 0.4) is 0 Å². The first-order valence-corrected chi connectivity index (χ1v) is 3.48. The molecule has 0 atom stereocenters. The van der Waals surface area contributed by atoms with Crippen molar-refractivity contribution in [2.45, 2.75) is 13.3 Å². The molecule has 0 radical (unpaired) electrons. The summed E-state index contributed by atoms with van der Waals surface area (Å²) in [6.45, 7) is 3.12. The molecule has 0 unspecified atom stereocenters. The average Bonchev–Trinajstić information content (AvgIpc) is 1.67. The van der Waals surface area contributed by atoms with E-state index in [4.69, 9.17) is 12.2 Å². The molecule has 0 aromatic carbocycles. The fraction of sp³-hybridized carbons (Fsp3) is 0.800. The van der Waals surface area contributed by atoms with Crippen molar-refractivity contribution in [3.8, 4) is 0 Å². The number of thiocarbonyl (C=S) groups is 1. The van der Waals surface area contributed by atoms with Crippen molar-refractivity contribution >= 4 is 52.2 Å². The van der Waals surface area contributed by atoms with Gasteiger partial charge in [0.25, 0.3) is 0 Å². The van der Waals surface area contributed by atoms with Gasteiger partial charge in [-0.3, -0.25) is 0 Å². The monoisotopic (exact) mass is 175 g/mol. The lowest BCUT2D eigenvalue weighted by atomic mass is 10.5. The van der Waals surface area contributed by atoms with Gasteiger partial charge < -0.3 is 4.90 Å². The lowest BCUT2D eigenvalue weighted by Crippen LogP contribution is -2.20. The van der Waals surface area contributed by atoms with Crippen molar-refractivity contribution in [1.29, 1.82) is 0 Å². The summed E-state index contributed by atoms with van der Waals surface area (Å²) in [5.74, 6) is 0. The second-order valence-electron chi connectivity index (χ2n) is 1.70. The molecule has 0 spiro atoms. The number of rotatable bonds is 2. The van der Waals surface area contributed by atoms with E-state index < -0.39 is 0 Å². The predicted molar refractivity (Wildman–Crippen MR) is 53.0 cm³/mol. The summed E-state index contributed by atoms with van der Waals surface area (Å²) in [5.41, 5.74) is 0. The summed E-state index contributed by atoms with van der Waals surface area (Å²) in [5, 5.41) is 0. The van der Waals surface area contributed by atoms with Crippen LogP contribution in [-0.2, 0) is 0 Å². The van der Waals surface area contributed by atoms with E-state index in [-0.39, 0.29) is 23.1 Å². The summed E-state index contributed by atoms with van der Waals surface area (Å²) in [4.78, 5) is 1.94. The van der Waals surface area contributed by atoms with Gasteiger partial charge in [-0.1, -0.05) is 19.1 Å². The first-order chi connectivity index (χ1) is 3.68. The Morgan fingerprint density at radius 2 is 2.11 bits per heavy atom. The van der Waals surface area contributed by atoms with Crippen LogP contribution < -0.4 is 0 Å². The average molecular weight is 176 g/mol. The van der Waals surface area contributed by atoms with Crippen LogP contribution in [-0.4, -0.2) is 45.9 Å².